The number of carbonyl (C=O) groups excluding carboxylic acids is 1. The number of amides is 1. The molecule has 128 valence electrons. The zero-order valence-electron chi connectivity index (χ0n) is 13.3. The van der Waals surface area contributed by atoms with Crippen molar-refractivity contribution in [3.8, 4) is 6.07 Å². The lowest BCUT2D eigenvalue weighted by molar-refractivity contribution is -0.118. The third-order valence-electron chi connectivity index (χ3n) is 4.57. The second kappa shape index (κ2) is 5.43. The van der Waals surface area contributed by atoms with E-state index < -0.39 is 23.0 Å². The molecule has 7 heteroatoms. The summed E-state index contributed by atoms with van der Waals surface area (Å²) in [5, 5.41) is 15.2. The number of halogens is 2. The van der Waals surface area contributed by atoms with E-state index in [1.165, 1.54) is 48.5 Å². The SMILES string of the molecule is N#CC1=C(N)NC(c2ccc(F)cc2)=CC12C(=O)Nc1ccc(F)cc12. The van der Waals surface area contributed by atoms with Crippen LogP contribution in [0.3, 0.4) is 0 Å². The van der Waals surface area contributed by atoms with E-state index >= 15 is 0 Å². The van der Waals surface area contributed by atoms with Gasteiger partial charge in [0, 0.05) is 16.9 Å². The average molecular weight is 350 g/mol. The predicted octanol–water partition coefficient (Wildman–Crippen LogP) is 2.49. The van der Waals surface area contributed by atoms with Gasteiger partial charge in [-0.3, -0.25) is 4.79 Å². The third-order valence-corrected chi connectivity index (χ3v) is 4.57. The maximum absolute atomic E-state index is 13.9. The zero-order chi connectivity index (χ0) is 18.5. The molecule has 0 bridgehead atoms. The zero-order valence-corrected chi connectivity index (χ0v) is 13.3. The van der Waals surface area contributed by atoms with Gasteiger partial charge in [0.2, 0.25) is 5.91 Å². The number of nitrogens with two attached hydrogens (primary N) is 1. The summed E-state index contributed by atoms with van der Waals surface area (Å²) in [7, 11) is 0. The summed E-state index contributed by atoms with van der Waals surface area (Å²) in [4.78, 5) is 12.9. The third kappa shape index (κ3) is 2.09. The Morgan fingerprint density at radius 2 is 1.73 bits per heavy atom. The van der Waals surface area contributed by atoms with Crippen molar-refractivity contribution in [2.24, 2.45) is 5.73 Å². The number of hydrogen-bond acceptors (Lipinski definition) is 4. The second-order valence-corrected chi connectivity index (χ2v) is 6.04. The Morgan fingerprint density at radius 3 is 2.42 bits per heavy atom. The largest absolute Gasteiger partial charge is 0.384 e. The Morgan fingerprint density at radius 1 is 1.04 bits per heavy atom. The minimum absolute atomic E-state index is 0.0124. The summed E-state index contributed by atoms with van der Waals surface area (Å²) in [6.07, 6.45) is 1.52. The van der Waals surface area contributed by atoms with Crippen molar-refractivity contribution >= 4 is 17.3 Å². The highest BCUT2D eigenvalue weighted by atomic mass is 19.1. The molecule has 4 rings (SSSR count). The Labute approximate surface area is 147 Å². The van der Waals surface area contributed by atoms with Crippen molar-refractivity contribution in [2.45, 2.75) is 5.41 Å². The van der Waals surface area contributed by atoms with E-state index in [0.717, 1.165) is 0 Å². The van der Waals surface area contributed by atoms with E-state index in [1.54, 1.807) is 0 Å². The summed E-state index contributed by atoms with van der Waals surface area (Å²) in [5.74, 6) is -1.46. The molecule has 2 aromatic carbocycles. The number of rotatable bonds is 1. The van der Waals surface area contributed by atoms with E-state index in [-0.39, 0.29) is 11.4 Å². The van der Waals surface area contributed by atoms with Gasteiger partial charge in [0.15, 0.2) is 0 Å². The first-order chi connectivity index (χ1) is 12.5. The molecule has 5 nitrogen and oxygen atoms in total. The molecule has 1 atom stereocenters. The van der Waals surface area contributed by atoms with Gasteiger partial charge in [-0.25, -0.2) is 8.78 Å². The molecular formula is C19H12F2N4O. The number of anilines is 1. The first kappa shape index (κ1) is 15.8. The summed E-state index contributed by atoms with van der Waals surface area (Å²) >= 11 is 0. The monoisotopic (exact) mass is 350 g/mol. The number of hydrogen-bond donors (Lipinski definition) is 3. The summed E-state index contributed by atoms with van der Waals surface area (Å²) in [6, 6.07) is 11.4. The first-order valence-electron chi connectivity index (χ1n) is 7.73. The van der Waals surface area contributed by atoms with Crippen molar-refractivity contribution in [1.29, 1.82) is 5.26 Å². The molecule has 0 fully saturated rings. The average Bonchev–Trinajstić information content (AvgIpc) is 2.87. The molecule has 26 heavy (non-hydrogen) atoms. The molecule has 1 unspecified atom stereocenters. The number of nitrogens with one attached hydrogen (secondary N) is 2. The second-order valence-electron chi connectivity index (χ2n) is 6.04. The van der Waals surface area contributed by atoms with Gasteiger partial charge in [0.25, 0.3) is 0 Å². The molecule has 2 aromatic rings. The van der Waals surface area contributed by atoms with E-state index in [0.29, 0.717) is 22.5 Å². The van der Waals surface area contributed by atoms with Crippen LogP contribution < -0.4 is 16.4 Å². The van der Waals surface area contributed by atoms with Gasteiger partial charge in [0.05, 0.1) is 5.57 Å². The maximum atomic E-state index is 13.9. The molecule has 0 saturated carbocycles. The van der Waals surface area contributed by atoms with Crippen LogP contribution in [0, 0.1) is 23.0 Å². The van der Waals surface area contributed by atoms with Crippen LogP contribution >= 0.6 is 0 Å². The highest BCUT2D eigenvalue weighted by Gasteiger charge is 2.52. The highest BCUT2D eigenvalue weighted by Crippen LogP contribution is 2.47. The Hall–Kier alpha value is -3.66. The molecule has 0 aliphatic carbocycles. The topological polar surface area (TPSA) is 90.9 Å². The maximum Gasteiger partial charge on any atom is 0.244 e. The van der Waals surface area contributed by atoms with Gasteiger partial charge in [-0.05, 0) is 42.0 Å². The quantitative estimate of drug-likeness (QED) is 0.737. The van der Waals surface area contributed by atoms with Gasteiger partial charge in [0.1, 0.15) is 28.9 Å². The number of benzene rings is 2. The molecule has 0 saturated heterocycles. The summed E-state index contributed by atoms with van der Waals surface area (Å²) in [5.41, 5.74) is 6.16. The lowest BCUT2D eigenvalue weighted by Gasteiger charge is -2.31. The lowest BCUT2D eigenvalue weighted by atomic mass is 9.72. The van der Waals surface area contributed by atoms with E-state index in [2.05, 4.69) is 10.6 Å². The molecule has 1 spiro atoms. The van der Waals surface area contributed by atoms with Crippen LogP contribution in [0.5, 0.6) is 0 Å². The van der Waals surface area contributed by atoms with E-state index in [1.807, 2.05) is 6.07 Å². The van der Waals surface area contributed by atoms with Crippen molar-refractivity contribution < 1.29 is 13.6 Å². The van der Waals surface area contributed by atoms with Crippen LogP contribution in [0.15, 0.2) is 59.9 Å². The van der Waals surface area contributed by atoms with E-state index in [4.69, 9.17) is 5.73 Å². The van der Waals surface area contributed by atoms with Crippen LogP contribution in [-0.4, -0.2) is 5.91 Å². The highest BCUT2D eigenvalue weighted by molar-refractivity contribution is 6.12. The fraction of sp³-hybridized carbons (Fsp3) is 0.0526. The number of fused-ring (bicyclic) bond motifs is 2. The van der Waals surface area contributed by atoms with Crippen molar-refractivity contribution in [1.82, 2.24) is 5.32 Å². The Balaban J connectivity index is 1.99. The first-order valence-corrected chi connectivity index (χ1v) is 7.73. The normalized spacial score (nSPS) is 21.0. The predicted molar refractivity (Wildman–Crippen MR) is 91.0 cm³/mol. The van der Waals surface area contributed by atoms with E-state index in [9.17, 15) is 18.8 Å². The van der Waals surface area contributed by atoms with Gasteiger partial charge in [-0.1, -0.05) is 12.1 Å². The number of dihydropyridines is 1. The lowest BCUT2D eigenvalue weighted by Crippen LogP contribution is -2.42. The molecule has 1 amide bonds. The standard InChI is InChI=1S/C19H12F2N4O/c20-11-3-1-10(2-4-11)16-8-19(14(9-22)17(23)24-16)13-7-12(21)5-6-15(13)25-18(19)26/h1-8,24H,23H2,(H,25,26). The van der Waals surface area contributed by atoms with Crippen LogP contribution in [0.2, 0.25) is 0 Å². The number of nitriles is 1. The summed E-state index contributed by atoms with van der Waals surface area (Å²) in [6.45, 7) is 0. The molecule has 2 aliphatic rings. The van der Waals surface area contributed by atoms with Crippen LogP contribution in [0.25, 0.3) is 5.70 Å². The van der Waals surface area contributed by atoms with Crippen LogP contribution in [-0.2, 0) is 10.2 Å². The van der Waals surface area contributed by atoms with Gasteiger partial charge in [-0.2, -0.15) is 5.26 Å². The van der Waals surface area contributed by atoms with Gasteiger partial charge in [-0.15, -0.1) is 0 Å². The van der Waals surface area contributed by atoms with Crippen LogP contribution in [0.4, 0.5) is 14.5 Å². The molecule has 0 radical (unpaired) electrons. The summed E-state index contributed by atoms with van der Waals surface area (Å²) < 4.78 is 27.1. The minimum Gasteiger partial charge on any atom is -0.384 e. The smallest absolute Gasteiger partial charge is 0.244 e. The molecular weight excluding hydrogens is 338 g/mol. The van der Waals surface area contributed by atoms with Gasteiger partial charge >= 0.3 is 0 Å². The molecule has 0 aromatic heterocycles. The van der Waals surface area contributed by atoms with Crippen LogP contribution in [0.1, 0.15) is 11.1 Å². The minimum atomic E-state index is -1.55. The van der Waals surface area contributed by atoms with Gasteiger partial charge < -0.3 is 16.4 Å². The van der Waals surface area contributed by atoms with Crippen molar-refractivity contribution in [2.75, 3.05) is 5.32 Å². The van der Waals surface area contributed by atoms with Crippen molar-refractivity contribution in [3.63, 3.8) is 0 Å². The number of nitrogens with zero attached hydrogens (tertiary/aromatic N) is 1. The fourth-order valence-electron chi connectivity index (χ4n) is 3.36. The Bertz CT molecular complexity index is 1050. The molecule has 4 N–H and O–H groups in total. The Kier molecular flexibility index (Phi) is 3.31. The fourth-order valence-corrected chi connectivity index (χ4v) is 3.36. The molecule has 2 aliphatic heterocycles. The van der Waals surface area contributed by atoms with Crippen molar-refractivity contribution in [3.05, 3.63) is 82.7 Å². The number of carbonyl (C=O) groups is 1. The molecule has 2 heterocycles.